The minimum atomic E-state index is -0.195. The molecule has 5 rings (SSSR count). The van der Waals surface area contributed by atoms with Crippen molar-refractivity contribution in [3.63, 3.8) is 0 Å². The summed E-state index contributed by atoms with van der Waals surface area (Å²) in [5.74, 6) is 0. The van der Waals surface area contributed by atoms with E-state index in [1.165, 1.54) is 49.0 Å². The summed E-state index contributed by atoms with van der Waals surface area (Å²) in [5, 5.41) is 0. The van der Waals surface area contributed by atoms with Crippen LogP contribution in [0.1, 0.15) is 42.5 Å². The van der Waals surface area contributed by atoms with Crippen LogP contribution in [0.2, 0.25) is 0 Å². The summed E-state index contributed by atoms with van der Waals surface area (Å²) in [5.41, 5.74) is 10.8. The van der Waals surface area contributed by atoms with E-state index in [1.807, 2.05) is 0 Å². The molecule has 2 aliphatic carbocycles. The Balaban J connectivity index is 1.97. The van der Waals surface area contributed by atoms with Crippen LogP contribution >= 0.6 is 15.9 Å². The van der Waals surface area contributed by atoms with E-state index < -0.39 is 0 Å². The molecular weight excluding hydrogens is 392 g/mol. The normalized spacial score (nSPS) is 16.5. The lowest BCUT2D eigenvalue weighted by Crippen LogP contribution is -2.26. The lowest BCUT2D eigenvalue weighted by Gasteiger charge is -2.31. The van der Waals surface area contributed by atoms with Crippen molar-refractivity contribution in [3.05, 3.63) is 111 Å². The van der Waals surface area contributed by atoms with Gasteiger partial charge in [0.25, 0.3) is 0 Å². The third kappa shape index (κ3) is 2.04. The molecule has 2 aliphatic rings. The first kappa shape index (κ1) is 16.8. The van der Waals surface area contributed by atoms with Gasteiger partial charge in [-0.3, -0.25) is 0 Å². The standard InChI is InChI=1S/C26H21Br/c1-3-10-24(27)25-17(2)26(23-16-9-6-13-20(23)25)21-14-7-4-11-18(21)19-12-5-8-15-22(19)26/h4-16H,3H2,1-2H3/b24-10+. The maximum atomic E-state index is 3.89. The zero-order chi connectivity index (χ0) is 18.6. The Labute approximate surface area is 169 Å². The van der Waals surface area contributed by atoms with E-state index in [9.17, 15) is 0 Å². The molecule has 27 heavy (non-hydrogen) atoms. The summed E-state index contributed by atoms with van der Waals surface area (Å²) in [6.07, 6.45) is 3.29. The van der Waals surface area contributed by atoms with E-state index in [2.05, 4.69) is 109 Å². The Bertz CT molecular complexity index is 1080. The molecule has 0 amide bonds. The van der Waals surface area contributed by atoms with Crippen molar-refractivity contribution in [2.75, 3.05) is 0 Å². The highest BCUT2D eigenvalue weighted by molar-refractivity contribution is 9.12. The van der Waals surface area contributed by atoms with Crippen LogP contribution in [0.15, 0.2) is 88.9 Å². The van der Waals surface area contributed by atoms with Crippen LogP contribution < -0.4 is 0 Å². The molecule has 1 heteroatoms. The molecule has 0 saturated heterocycles. The van der Waals surface area contributed by atoms with Gasteiger partial charge in [-0.2, -0.15) is 0 Å². The number of allylic oxidation sites excluding steroid dienone is 4. The average Bonchev–Trinajstić information content (AvgIpc) is 3.14. The Hall–Kier alpha value is -2.38. The van der Waals surface area contributed by atoms with Crippen molar-refractivity contribution in [3.8, 4) is 11.1 Å². The molecule has 0 saturated carbocycles. The molecule has 0 aliphatic heterocycles. The highest BCUT2D eigenvalue weighted by Gasteiger charge is 2.51. The molecule has 0 unspecified atom stereocenters. The highest BCUT2D eigenvalue weighted by Crippen LogP contribution is 2.62. The summed E-state index contributed by atoms with van der Waals surface area (Å²) in [7, 11) is 0. The molecular formula is C26H21Br. The minimum Gasteiger partial charge on any atom is -0.0699 e. The van der Waals surface area contributed by atoms with Crippen LogP contribution in [0.5, 0.6) is 0 Å². The van der Waals surface area contributed by atoms with Gasteiger partial charge in [0.1, 0.15) is 0 Å². The van der Waals surface area contributed by atoms with Gasteiger partial charge >= 0.3 is 0 Å². The van der Waals surface area contributed by atoms with Crippen molar-refractivity contribution in [1.29, 1.82) is 0 Å². The third-order valence-electron chi connectivity index (χ3n) is 6.11. The number of fused-ring (bicyclic) bond motifs is 7. The van der Waals surface area contributed by atoms with Crippen LogP contribution in [0.25, 0.3) is 16.7 Å². The summed E-state index contributed by atoms with van der Waals surface area (Å²) in [4.78, 5) is 0. The predicted octanol–water partition coefficient (Wildman–Crippen LogP) is 7.48. The summed E-state index contributed by atoms with van der Waals surface area (Å²) in [6, 6.07) is 26.8. The highest BCUT2D eigenvalue weighted by atomic mass is 79.9. The fourth-order valence-electron chi connectivity index (χ4n) is 5.14. The van der Waals surface area contributed by atoms with Gasteiger partial charge in [-0.05, 0) is 57.9 Å². The SMILES string of the molecule is CC/C=C(/Br)C1=C(C)C2(c3ccccc31)c1ccccc1-c1ccccc12. The number of halogens is 1. The monoisotopic (exact) mass is 412 g/mol. The quantitative estimate of drug-likeness (QED) is 0.409. The van der Waals surface area contributed by atoms with Crippen molar-refractivity contribution in [1.82, 2.24) is 0 Å². The molecule has 0 radical (unpaired) electrons. The lowest BCUT2D eigenvalue weighted by molar-refractivity contribution is 0.766. The number of hydrogen-bond donors (Lipinski definition) is 0. The second-order valence-electron chi connectivity index (χ2n) is 7.35. The second-order valence-corrected chi connectivity index (χ2v) is 8.20. The van der Waals surface area contributed by atoms with E-state index in [0.29, 0.717) is 0 Å². The van der Waals surface area contributed by atoms with Gasteiger partial charge in [0.2, 0.25) is 0 Å². The average molecular weight is 413 g/mol. The molecule has 0 fully saturated rings. The molecule has 0 aromatic heterocycles. The van der Waals surface area contributed by atoms with Crippen LogP contribution in [0.3, 0.4) is 0 Å². The topological polar surface area (TPSA) is 0 Å². The predicted molar refractivity (Wildman–Crippen MR) is 118 cm³/mol. The molecule has 0 bridgehead atoms. The van der Waals surface area contributed by atoms with Crippen LogP contribution in [-0.4, -0.2) is 0 Å². The first-order chi connectivity index (χ1) is 13.2. The number of benzene rings is 3. The van der Waals surface area contributed by atoms with Gasteiger partial charge in [0, 0.05) is 4.48 Å². The van der Waals surface area contributed by atoms with Crippen LogP contribution in [-0.2, 0) is 5.41 Å². The molecule has 132 valence electrons. The molecule has 1 spiro atoms. The maximum absolute atomic E-state index is 3.89. The van der Waals surface area contributed by atoms with Gasteiger partial charge in [-0.25, -0.2) is 0 Å². The smallest absolute Gasteiger partial charge is 0.0686 e. The van der Waals surface area contributed by atoms with Crippen molar-refractivity contribution < 1.29 is 0 Å². The number of hydrogen-bond acceptors (Lipinski definition) is 0. The summed E-state index contributed by atoms with van der Waals surface area (Å²) < 4.78 is 1.20. The molecule has 0 atom stereocenters. The fraction of sp³-hybridized carbons (Fsp3) is 0.154. The molecule has 0 heterocycles. The Kier molecular flexibility index (Phi) is 3.77. The van der Waals surface area contributed by atoms with E-state index >= 15 is 0 Å². The van der Waals surface area contributed by atoms with Crippen LogP contribution in [0, 0.1) is 0 Å². The molecule has 0 nitrogen and oxygen atoms in total. The molecule has 0 N–H and O–H groups in total. The minimum absolute atomic E-state index is 0.195. The Morgan fingerprint density at radius 2 is 1.22 bits per heavy atom. The van der Waals surface area contributed by atoms with Gasteiger partial charge < -0.3 is 0 Å². The largest absolute Gasteiger partial charge is 0.0699 e. The van der Waals surface area contributed by atoms with Crippen molar-refractivity contribution in [2.24, 2.45) is 0 Å². The Morgan fingerprint density at radius 3 is 1.74 bits per heavy atom. The van der Waals surface area contributed by atoms with Gasteiger partial charge in [0.05, 0.1) is 5.41 Å². The fourth-order valence-corrected chi connectivity index (χ4v) is 5.97. The second kappa shape index (κ2) is 6.07. The first-order valence-corrected chi connectivity index (χ1v) is 10.4. The lowest BCUT2D eigenvalue weighted by atomic mass is 9.70. The van der Waals surface area contributed by atoms with Crippen molar-refractivity contribution in [2.45, 2.75) is 25.7 Å². The summed E-state index contributed by atoms with van der Waals surface area (Å²) >= 11 is 3.89. The van der Waals surface area contributed by atoms with Gasteiger partial charge in [0.15, 0.2) is 0 Å². The van der Waals surface area contributed by atoms with E-state index in [0.717, 1.165) is 6.42 Å². The molecule has 3 aromatic rings. The zero-order valence-electron chi connectivity index (χ0n) is 15.6. The maximum Gasteiger partial charge on any atom is 0.0686 e. The molecule has 3 aromatic carbocycles. The van der Waals surface area contributed by atoms with Crippen molar-refractivity contribution >= 4 is 21.5 Å². The van der Waals surface area contributed by atoms with Crippen LogP contribution in [0.4, 0.5) is 0 Å². The zero-order valence-corrected chi connectivity index (χ0v) is 17.2. The third-order valence-corrected chi connectivity index (χ3v) is 6.83. The summed E-state index contributed by atoms with van der Waals surface area (Å²) in [6.45, 7) is 4.51. The van der Waals surface area contributed by atoms with Gasteiger partial charge in [-0.15, -0.1) is 0 Å². The van der Waals surface area contributed by atoms with E-state index in [4.69, 9.17) is 0 Å². The number of rotatable bonds is 2. The first-order valence-electron chi connectivity index (χ1n) is 9.58. The Morgan fingerprint density at radius 1 is 0.778 bits per heavy atom. The van der Waals surface area contributed by atoms with E-state index in [-0.39, 0.29) is 5.41 Å². The van der Waals surface area contributed by atoms with Gasteiger partial charge in [-0.1, -0.05) is 102 Å². The van der Waals surface area contributed by atoms with E-state index in [1.54, 1.807) is 0 Å².